The summed E-state index contributed by atoms with van der Waals surface area (Å²) >= 11 is 5.70. The molecule has 20 heavy (non-hydrogen) atoms. The van der Waals surface area contributed by atoms with Gasteiger partial charge < -0.3 is 10.1 Å². The van der Waals surface area contributed by atoms with Gasteiger partial charge in [-0.15, -0.1) is 0 Å². The predicted molar refractivity (Wildman–Crippen MR) is 71.9 cm³/mol. The van der Waals surface area contributed by atoms with Crippen molar-refractivity contribution in [3.8, 4) is 5.75 Å². The Morgan fingerprint density at radius 1 is 1.10 bits per heavy atom. The Kier molecular flexibility index (Phi) is 4.53. The number of hydrogen-bond donors (Lipinski definition) is 1. The van der Waals surface area contributed by atoms with Crippen molar-refractivity contribution in [1.29, 1.82) is 0 Å². The second-order valence-corrected chi connectivity index (χ2v) is 4.32. The molecule has 1 amide bonds. The molecule has 2 rings (SSSR count). The maximum Gasteiger partial charge on any atom is 0.262 e. The molecule has 0 spiro atoms. The maximum absolute atomic E-state index is 13.3. The number of benzene rings is 2. The summed E-state index contributed by atoms with van der Waals surface area (Å²) in [5, 5.41) is 2.66. The van der Waals surface area contributed by atoms with Gasteiger partial charge in [-0.1, -0.05) is 17.7 Å². The van der Waals surface area contributed by atoms with E-state index < -0.39 is 23.2 Å². The van der Waals surface area contributed by atoms with Gasteiger partial charge in [0, 0.05) is 5.02 Å². The van der Waals surface area contributed by atoms with Crippen LogP contribution in [0, 0.1) is 11.6 Å². The molecular weight excluding hydrogens is 288 g/mol. The summed E-state index contributed by atoms with van der Waals surface area (Å²) in [6, 6.07) is 9.69. The average molecular weight is 298 g/mol. The maximum atomic E-state index is 13.3. The molecule has 0 heterocycles. The van der Waals surface area contributed by atoms with Gasteiger partial charge in [-0.3, -0.25) is 4.79 Å². The van der Waals surface area contributed by atoms with E-state index in [0.29, 0.717) is 10.8 Å². The van der Waals surface area contributed by atoms with Gasteiger partial charge in [-0.25, -0.2) is 8.78 Å². The molecule has 1 N–H and O–H groups in total. The topological polar surface area (TPSA) is 38.3 Å². The fourth-order valence-corrected chi connectivity index (χ4v) is 1.60. The number of halogens is 3. The van der Waals surface area contributed by atoms with Crippen molar-refractivity contribution in [2.24, 2.45) is 0 Å². The second kappa shape index (κ2) is 6.34. The van der Waals surface area contributed by atoms with Gasteiger partial charge in [0.1, 0.15) is 23.1 Å². The lowest BCUT2D eigenvalue weighted by Crippen LogP contribution is -2.21. The highest BCUT2D eigenvalue weighted by Gasteiger charge is 2.12. The number of rotatable bonds is 4. The zero-order chi connectivity index (χ0) is 14.5. The first kappa shape index (κ1) is 14.3. The van der Waals surface area contributed by atoms with E-state index in [0.717, 1.165) is 12.1 Å². The first-order valence-electron chi connectivity index (χ1n) is 5.68. The first-order valence-corrected chi connectivity index (χ1v) is 6.06. The molecule has 0 aliphatic carbocycles. The Bertz CT molecular complexity index is 597. The molecule has 3 nitrogen and oxygen atoms in total. The number of amides is 1. The van der Waals surface area contributed by atoms with Crippen molar-refractivity contribution in [3.63, 3.8) is 0 Å². The highest BCUT2D eigenvalue weighted by atomic mass is 35.5. The number of para-hydroxylation sites is 1. The summed E-state index contributed by atoms with van der Waals surface area (Å²) in [5.74, 6) is -1.92. The Balaban J connectivity index is 1.94. The van der Waals surface area contributed by atoms with Crippen molar-refractivity contribution >= 4 is 23.2 Å². The van der Waals surface area contributed by atoms with E-state index in [1.165, 1.54) is 6.07 Å². The van der Waals surface area contributed by atoms with Crippen LogP contribution in [0.5, 0.6) is 5.75 Å². The molecule has 6 heteroatoms. The monoisotopic (exact) mass is 297 g/mol. The summed E-state index contributed by atoms with van der Waals surface area (Å²) < 4.78 is 31.8. The fourth-order valence-electron chi connectivity index (χ4n) is 1.47. The van der Waals surface area contributed by atoms with E-state index in [1.807, 2.05) is 0 Å². The molecule has 0 radical (unpaired) electrons. The van der Waals surface area contributed by atoms with E-state index in [9.17, 15) is 13.6 Å². The summed E-state index contributed by atoms with van der Waals surface area (Å²) in [5.41, 5.74) is -0.489. The molecular formula is C14H10ClF2NO2. The molecule has 104 valence electrons. The third kappa shape index (κ3) is 3.68. The molecule has 0 unspecified atom stereocenters. The van der Waals surface area contributed by atoms with Crippen LogP contribution in [0.15, 0.2) is 42.5 Å². The van der Waals surface area contributed by atoms with Gasteiger partial charge >= 0.3 is 0 Å². The first-order chi connectivity index (χ1) is 9.56. The molecule has 0 saturated heterocycles. The molecule has 2 aromatic carbocycles. The van der Waals surface area contributed by atoms with Crippen LogP contribution in [-0.4, -0.2) is 12.5 Å². The number of anilines is 1. The zero-order valence-corrected chi connectivity index (χ0v) is 11.0. The minimum Gasteiger partial charge on any atom is -0.484 e. The van der Waals surface area contributed by atoms with Gasteiger partial charge in [0.05, 0.1) is 0 Å². The van der Waals surface area contributed by atoms with Crippen molar-refractivity contribution in [2.75, 3.05) is 11.9 Å². The molecule has 0 saturated carbocycles. The third-order valence-corrected chi connectivity index (χ3v) is 2.66. The quantitative estimate of drug-likeness (QED) is 0.936. The minimum absolute atomic E-state index is 0.366. The van der Waals surface area contributed by atoms with E-state index in [2.05, 4.69) is 5.32 Å². The minimum atomic E-state index is -0.843. The van der Waals surface area contributed by atoms with Crippen LogP contribution < -0.4 is 10.1 Å². The van der Waals surface area contributed by atoms with Crippen LogP contribution in [0.25, 0.3) is 0 Å². The third-order valence-electron chi connectivity index (χ3n) is 2.41. The number of hydrogen-bond acceptors (Lipinski definition) is 2. The molecule has 0 atom stereocenters. The summed E-state index contributed by atoms with van der Waals surface area (Å²) in [7, 11) is 0. The standard InChI is InChI=1S/C14H10ClF2NO2/c15-9-4-6-10(7-5-9)20-8-13(19)18-14-11(16)2-1-3-12(14)17/h1-7H,8H2,(H,18,19). The molecule has 2 aromatic rings. The van der Waals surface area contributed by atoms with E-state index in [-0.39, 0.29) is 6.61 Å². The SMILES string of the molecule is O=C(COc1ccc(Cl)cc1)Nc1c(F)cccc1F. The lowest BCUT2D eigenvalue weighted by Gasteiger charge is -2.09. The van der Waals surface area contributed by atoms with Gasteiger partial charge in [0.15, 0.2) is 6.61 Å². The predicted octanol–water partition coefficient (Wildman–Crippen LogP) is 3.64. The van der Waals surface area contributed by atoms with Crippen LogP contribution in [0.1, 0.15) is 0 Å². The molecule has 0 aromatic heterocycles. The lowest BCUT2D eigenvalue weighted by atomic mass is 10.3. The van der Waals surface area contributed by atoms with Crippen LogP contribution in [0.3, 0.4) is 0 Å². The highest BCUT2D eigenvalue weighted by molar-refractivity contribution is 6.30. The average Bonchev–Trinajstić information content (AvgIpc) is 2.42. The number of carbonyl (C=O) groups is 1. The zero-order valence-electron chi connectivity index (χ0n) is 10.2. The van der Waals surface area contributed by atoms with Gasteiger partial charge in [0.25, 0.3) is 5.91 Å². The number of carbonyl (C=O) groups excluding carboxylic acids is 1. The van der Waals surface area contributed by atoms with Crippen molar-refractivity contribution < 1.29 is 18.3 Å². The Morgan fingerprint density at radius 2 is 1.70 bits per heavy atom. The molecule has 0 bridgehead atoms. The lowest BCUT2D eigenvalue weighted by molar-refractivity contribution is -0.118. The van der Waals surface area contributed by atoms with Gasteiger partial charge in [-0.2, -0.15) is 0 Å². The second-order valence-electron chi connectivity index (χ2n) is 3.89. The van der Waals surface area contributed by atoms with Crippen LogP contribution >= 0.6 is 11.6 Å². The van der Waals surface area contributed by atoms with E-state index >= 15 is 0 Å². The van der Waals surface area contributed by atoms with Crippen molar-refractivity contribution in [3.05, 3.63) is 59.1 Å². The Labute approximate surface area is 119 Å². The summed E-state index contributed by atoms with van der Waals surface area (Å²) in [6.07, 6.45) is 0. The van der Waals surface area contributed by atoms with E-state index in [1.54, 1.807) is 24.3 Å². The summed E-state index contributed by atoms with van der Waals surface area (Å²) in [4.78, 5) is 11.6. The van der Waals surface area contributed by atoms with Crippen molar-refractivity contribution in [1.82, 2.24) is 0 Å². The van der Waals surface area contributed by atoms with Crippen molar-refractivity contribution in [2.45, 2.75) is 0 Å². The van der Waals surface area contributed by atoms with Crippen LogP contribution in [0.2, 0.25) is 5.02 Å². The summed E-state index contributed by atoms with van der Waals surface area (Å²) in [6.45, 7) is -0.366. The molecule has 0 fully saturated rings. The van der Waals surface area contributed by atoms with Gasteiger partial charge in [0.2, 0.25) is 0 Å². The molecule has 0 aliphatic rings. The number of nitrogens with one attached hydrogen (secondary N) is 1. The normalized spacial score (nSPS) is 10.2. The van der Waals surface area contributed by atoms with E-state index in [4.69, 9.17) is 16.3 Å². The number of ether oxygens (including phenoxy) is 1. The highest BCUT2D eigenvalue weighted by Crippen LogP contribution is 2.18. The van der Waals surface area contributed by atoms with Crippen LogP contribution in [-0.2, 0) is 4.79 Å². The largest absolute Gasteiger partial charge is 0.484 e. The Hall–Kier alpha value is -2.14. The smallest absolute Gasteiger partial charge is 0.262 e. The van der Waals surface area contributed by atoms with Gasteiger partial charge in [-0.05, 0) is 36.4 Å². The molecule has 0 aliphatic heterocycles. The van der Waals surface area contributed by atoms with Crippen LogP contribution in [0.4, 0.5) is 14.5 Å². The fraction of sp³-hybridized carbons (Fsp3) is 0.0714. The Morgan fingerprint density at radius 3 is 2.30 bits per heavy atom.